The zero-order chi connectivity index (χ0) is 10.5. The molecule has 1 aromatic rings. The van der Waals surface area contributed by atoms with Crippen molar-refractivity contribution in [1.82, 2.24) is 0 Å². The number of epoxide rings is 1. The fourth-order valence-electron chi connectivity index (χ4n) is 1.66. The third kappa shape index (κ3) is 3.33. The minimum atomic E-state index is 0.236. The average molecular weight is 206 g/mol. The molecule has 0 spiro atoms. The standard InChI is InChI=1S/C13H18O2/c1-2-6-13(15-10-12-9-14-12)11-7-4-3-5-8-11/h3-5,7-8,12-13H,2,6,9-10H2,1H3. The molecule has 0 aliphatic carbocycles. The Labute approximate surface area is 91.2 Å². The van der Waals surface area contributed by atoms with Gasteiger partial charge in [0.1, 0.15) is 6.10 Å². The predicted octanol–water partition coefficient (Wildman–Crippen LogP) is 2.94. The minimum absolute atomic E-state index is 0.236. The maximum absolute atomic E-state index is 5.87. The first-order chi connectivity index (χ1) is 7.40. The van der Waals surface area contributed by atoms with Gasteiger partial charge < -0.3 is 9.47 Å². The van der Waals surface area contributed by atoms with Gasteiger partial charge in [-0.1, -0.05) is 43.7 Å². The molecule has 1 aliphatic rings. The molecule has 1 aromatic carbocycles. The molecule has 1 heterocycles. The summed E-state index contributed by atoms with van der Waals surface area (Å²) in [5.41, 5.74) is 1.28. The van der Waals surface area contributed by atoms with Gasteiger partial charge in [0, 0.05) is 0 Å². The van der Waals surface area contributed by atoms with Crippen LogP contribution in [0.2, 0.25) is 0 Å². The molecule has 2 heteroatoms. The molecule has 0 N–H and O–H groups in total. The summed E-state index contributed by atoms with van der Waals surface area (Å²) in [5, 5.41) is 0. The lowest BCUT2D eigenvalue weighted by molar-refractivity contribution is 0.0359. The summed E-state index contributed by atoms with van der Waals surface area (Å²) in [6.45, 7) is 3.79. The van der Waals surface area contributed by atoms with Crippen LogP contribution >= 0.6 is 0 Å². The fraction of sp³-hybridized carbons (Fsp3) is 0.538. The van der Waals surface area contributed by atoms with E-state index in [0.29, 0.717) is 6.10 Å². The SMILES string of the molecule is CCCC(OCC1CO1)c1ccccc1. The molecule has 15 heavy (non-hydrogen) atoms. The Hall–Kier alpha value is -0.860. The molecule has 2 nitrogen and oxygen atoms in total. The van der Waals surface area contributed by atoms with Crippen LogP contribution in [0, 0.1) is 0 Å². The van der Waals surface area contributed by atoms with E-state index in [1.54, 1.807) is 0 Å². The molecule has 1 aliphatic heterocycles. The molecule has 2 atom stereocenters. The second kappa shape index (κ2) is 5.29. The number of rotatable bonds is 6. The smallest absolute Gasteiger partial charge is 0.104 e. The molecule has 1 fully saturated rings. The second-order valence-corrected chi connectivity index (χ2v) is 3.98. The van der Waals surface area contributed by atoms with Crippen molar-refractivity contribution in [3.63, 3.8) is 0 Å². The Morgan fingerprint density at radius 2 is 2.13 bits per heavy atom. The third-order valence-electron chi connectivity index (χ3n) is 2.61. The lowest BCUT2D eigenvalue weighted by atomic mass is 10.1. The number of ether oxygens (including phenoxy) is 2. The van der Waals surface area contributed by atoms with E-state index in [2.05, 4.69) is 31.2 Å². The van der Waals surface area contributed by atoms with E-state index < -0.39 is 0 Å². The van der Waals surface area contributed by atoms with E-state index >= 15 is 0 Å². The summed E-state index contributed by atoms with van der Waals surface area (Å²) >= 11 is 0. The highest BCUT2D eigenvalue weighted by Crippen LogP contribution is 2.24. The molecule has 0 bridgehead atoms. The number of hydrogen-bond acceptors (Lipinski definition) is 2. The first-order valence-corrected chi connectivity index (χ1v) is 5.68. The van der Waals surface area contributed by atoms with Crippen molar-refractivity contribution in [3.05, 3.63) is 35.9 Å². The van der Waals surface area contributed by atoms with Crippen LogP contribution in [0.1, 0.15) is 31.4 Å². The Balaban J connectivity index is 1.91. The molecule has 2 unspecified atom stereocenters. The van der Waals surface area contributed by atoms with Crippen LogP contribution in [0.4, 0.5) is 0 Å². The van der Waals surface area contributed by atoms with Gasteiger partial charge in [0.15, 0.2) is 0 Å². The zero-order valence-corrected chi connectivity index (χ0v) is 9.19. The fourth-order valence-corrected chi connectivity index (χ4v) is 1.66. The van der Waals surface area contributed by atoms with Crippen molar-refractivity contribution in [2.45, 2.75) is 32.0 Å². The third-order valence-corrected chi connectivity index (χ3v) is 2.61. The first-order valence-electron chi connectivity index (χ1n) is 5.68. The summed E-state index contributed by atoms with van der Waals surface area (Å²) in [4.78, 5) is 0. The van der Waals surface area contributed by atoms with Crippen molar-refractivity contribution in [3.8, 4) is 0 Å². The monoisotopic (exact) mass is 206 g/mol. The molecular weight excluding hydrogens is 188 g/mol. The molecule has 0 radical (unpaired) electrons. The van der Waals surface area contributed by atoms with E-state index in [1.165, 1.54) is 5.56 Å². The van der Waals surface area contributed by atoms with Gasteiger partial charge in [-0.25, -0.2) is 0 Å². The maximum Gasteiger partial charge on any atom is 0.104 e. The van der Waals surface area contributed by atoms with Gasteiger partial charge in [0.2, 0.25) is 0 Å². The topological polar surface area (TPSA) is 21.8 Å². The van der Waals surface area contributed by atoms with E-state index in [0.717, 1.165) is 26.1 Å². The van der Waals surface area contributed by atoms with Crippen LogP contribution in [0.15, 0.2) is 30.3 Å². The molecule has 0 saturated carbocycles. The van der Waals surface area contributed by atoms with Crippen LogP contribution in [0.5, 0.6) is 0 Å². The largest absolute Gasteiger partial charge is 0.371 e. The van der Waals surface area contributed by atoms with Gasteiger partial charge in [0.25, 0.3) is 0 Å². The Morgan fingerprint density at radius 1 is 1.40 bits per heavy atom. The maximum atomic E-state index is 5.87. The Kier molecular flexibility index (Phi) is 3.75. The average Bonchev–Trinajstić information content (AvgIpc) is 3.09. The zero-order valence-electron chi connectivity index (χ0n) is 9.19. The normalized spacial score (nSPS) is 21.3. The first kappa shape index (κ1) is 10.7. The van der Waals surface area contributed by atoms with Gasteiger partial charge in [-0.05, 0) is 12.0 Å². The van der Waals surface area contributed by atoms with Crippen molar-refractivity contribution < 1.29 is 9.47 Å². The van der Waals surface area contributed by atoms with Crippen molar-refractivity contribution >= 4 is 0 Å². The molecule has 1 saturated heterocycles. The van der Waals surface area contributed by atoms with Gasteiger partial charge in [0.05, 0.1) is 19.3 Å². The quantitative estimate of drug-likeness (QED) is 0.667. The lowest BCUT2D eigenvalue weighted by Crippen LogP contribution is -2.08. The van der Waals surface area contributed by atoms with Crippen LogP contribution in [-0.2, 0) is 9.47 Å². The molecule has 0 amide bonds. The summed E-state index contributed by atoms with van der Waals surface area (Å²) in [7, 11) is 0. The summed E-state index contributed by atoms with van der Waals surface area (Å²) in [6, 6.07) is 10.4. The Bertz CT molecular complexity index is 280. The van der Waals surface area contributed by atoms with Crippen molar-refractivity contribution in [2.24, 2.45) is 0 Å². The van der Waals surface area contributed by atoms with Crippen LogP contribution < -0.4 is 0 Å². The van der Waals surface area contributed by atoms with Crippen molar-refractivity contribution in [2.75, 3.05) is 13.2 Å². The highest BCUT2D eigenvalue weighted by Gasteiger charge is 2.24. The minimum Gasteiger partial charge on any atom is -0.371 e. The molecule has 2 rings (SSSR count). The van der Waals surface area contributed by atoms with Crippen molar-refractivity contribution in [1.29, 1.82) is 0 Å². The summed E-state index contributed by atoms with van der Waals surface area (Å²) in [6.07, 6.45) is 2.82. The number of hydrogen-bond donors (Lipinski definition) is 0. The second-order valence-electron chi connectivity index (χ2n) is 3.98. The summed E-state index contributed by atoms with van der Waals surface area (Å²) in [5.74, 6) is 0. The van der Waals surface area contributed by atoms with Crippen LogP contribution in [0.3, 0.4) is 0 Å². The van der Waals surface area contributed by atoms with Gasteiger partial charge in [-0.2, -0.15) is 0 Å². The molecular formula is C13H18O2. The van der Waals surface area contributed by atoms with Crippen LogP contribution in [0.25, 0.3) is 0 Å². The number of benzene rings is 1. The highest BCUT2D eigenvalue weighted by molar-refractivity contribution is 5.17. The molecule has 82 valence electrons. The lowest BCUT2D eigenvalue weighted by Gasteiger charge is -2.16. The van der Waals surface area contributed by atoms with Crippen LogP contribution in [-0.4, -0.2) is 19.3 Å². The van der Waals surface area contributed by atoms with Gasteiger partial charge >= 0.3 is 0 Å². The summed E-state index contributed by atoms with van der Waals surface area (Å²) < 4.78 is 11.0. The Morgan fingerprint density at radius 3 is 2.73 bits per heavy atom. The van der Waals surface area contributed by atoms with E-state index in [1.807, 2.05) is 6.07 Å². The predicted molar refractivity (Wildman–Crippen MR) is 59.8 cm³/mol. The van der Waals surface area contributed by atoms with E-state index in [4.69, 9.17) is 9.47 Å². The highest BCUT2D eigenvalue weighted by atomic mass is 16.6. The van der Waals surface area contributed by atoms with Gasteiger partial charge in [-0.15, -0.1) is 0 Å². The van der Waals surface area contributed by atoms with E-state index in [-0.39, 0.29) is 6.10 Å². The van der Waals surface area contributed by atoms with Gasteiger partial charge in [-0.3, -0.25) is 0 Å². The molecule has 0 aromatic heterocycles. The van der Waals surface area contributed by atoms with E-state index in [9.17, 15) is 0 Å².